The average Bonchev–Trinajstić information content (AvgIpc) is 2.99. The first kappa shape index (κ1) is 19.9. The third-order valence-corrected chi connectivity index (χ3v) is 6.13. The van der Waals surface area contributed by atoms with E-state index in [0.717, 1.165) is 57.4 Å². The largest absolute Gasteiger partial charge is 0.338 e. The van der Waals surface area contributed by atoms with E-state index in [1.165, 1.54) is 6.42 Å². The molecule has 0 N–H and O–H groups in total. The molecule has 27 heavy (non-hydrogen) atoms. The van der Waals surface area contributed by atoms with Gasteiger partial charge in [0.1, 0.15) is 0 Å². The second kappa shape index (κ2) is 9.36. The van der Waals surface area contributed by atoms with Crippen LogP contribution in [0.4, 0.5) is 0 Å². The summed E-state index contributed by atoms with van der Waals surface area (Å²) in [6.45, 7) is 8.19. The predicted molar refractivity (Wildman–Crippen MR) is 108 cm³/mol. The van der Waals surface area contributed by atoms with Gasteiger partial charge < -0.3 is 9.80 Å². The third kappa shape index (κ3) is 4.70. The molecule has 2 unspecified atom stereocenters. The fraction of sp³-hybridized carbons (Fsp3) is 0.636. The number of hydrogen-bond acceptors (Lipinski definition) is 3. The Morgan fingerprint density at radius 1 is 1.00 bits per heavy atom. The summed E-state index contributed by atoms with van der Waals surface area (Å²) in [5, 5.41) is 0. The van der Waals surface area contributed by atoms with Crippen LogP contribution < -0.4 is 0 Å². The number of nitrogens with zero attached hydrogens (tertiary/aromatic N) is 3. The van der Waals surface area contributed by atoms with Crippen LogP contribution in [0.1, 0.15) is 56.3 Å². The lowest BCUT2D eigenvalue weighted by molar-refractivity contribution is -0.140. The van der Waals surface area contributed by atoms with Crippen molar-refractivity contribution in [3.63, 3.8) is 0 Å². The lowest BCUT2D eigenvalue weighted by Crippen LogP contribution is -2.52. The van der Waals surface area contributed by atoms with Gasteiger partial charge in [0.05, 0.1) is 6.04 Å². The maximum absolute atomic E-state index is 13.1. The Morgan fingerprint density at radius 3 is 2.52 bits per heavy atom. The topological polar surface area (TPSA) is 43.9 Å². The molecule has 1 aromatic rings. The molecule has 1 aromatic carbocycles. The molecule has 2 amide bonds. The molecule has 2 heterocycles. The van der Waals surface area contributed by atoms with E-state index in [1.807, 2.05) is 42.2 Å². The van der Waals surface area contributed by atoms with Crippen molar-refractivity contribution < 1.29 is 9.59 Å². The first-order valence-corrected chi connectivity index (χ1v) is 10.5. The van der Waals surface area contributed by atoms with Crippen LogP contribution in [0.2, 0.25) is 0 Å². The number of likely N-dealkylation sites (tertiary alicyclic amines) is 1. The second-order valence-electron chi connectivity index (χ2n) is 7.81. The number of carbonyl (C=O) groups excluding carboxylic acids is 2. The van der Waals surface area contributed by atoms with Gasteiger partial charge in [0.25, 0.3) is 5.91 Å². The van der Waals surface area contributed by atoms with E-state index in [1.54, 1.807) is 0 Å². The van der Waals surface area contributed by atoms with Gasteiger partial charge in [-0.15, -0.1) is 0 Å². The molecule has 0 saturated carbocycles. The number of benzene rings is 1. The van der Waals surface area contributed by atoms with Crippen LogP contribution in [0, 0.1) is 0 Å². The van der Waals surface area contributed by atoms with Crippen molar-refractivity contribution in [2.24, 2.45) is 0 Å². The Bertz CT molecular complexity index is 634. The van der Waals surface area contributed by atoms with Crippen LogP contribution in [-0.4, -0.2) is 71.3 Å². The Morgan fingerprint density at radius 2 is 1.78 bits per heavy atom. The van der Waals surface area contributed by atoms with E-state index in [-0.39, 0.29) is 17.9 Å². The van der Waals surface area contributed by atoms with E-state index in [9.17, 15) is 9.59 Å². The Kier molecular flexibility index (Phi) is 6.89. The molecule has 2 fully saturated rings. The molecule has 0 aliphatic carbocycles. The number of piperidine rings is 1. The minimum atomic E-state index is -0.107. The highest BCUT2D eigenvalue weighted by molar-refractivity contribution is 5.94. The van der Waals surface area contributed by atoms with Crippen molar-refractivity contribution >= 4 is 11.8 Å². The molecule has 3 rings (SSSR count). The molecule has 2 saturated heterocycles. The molecule has 2 aliphatic heterocycles. The van der Waals surface area contributed by atoms with Gasteiger partial charge >= 0.3 is 0 Å². The minimum Gasteiger partial charge on any atom is -0.338 e. The standard InChI is InChI=1S/C22H33N3O2/c1-3-20-12-7-8-15-25(20)21(26)18(2)23-13-9-14-24(17-16-23)22(27)19-10-5-4-6-11-19/h4-6,10-11,18,20H,3,7-9,12-17H2,1-2H3. The first-order chi connectivity index (χ1) is 13.1. The van der Waals surface area contributed by atoms with E-state index in [2.05, 4.69) is 16.7 Å². The quantitative estimate of drug-likeness (QED) is 0.817. The average molecular weight is 372 g/mol. The van der Waals surface area contributed by atoms with E-state index in [0.29, 0.717) is 12.6 Å². The zero-order chi connectivity index (χ0) is 19.2. The zero-order valence-corrected chi connectivity index (χ0v) is 16.8. The highest BCUT2D eigenvalue weighted by Crippen LogP contribution is 2.22. The number of hydrogen-bond donors (Lipinski definition) is 0. The van der Waals surface area contributed by atoms with Gasteiger partial charge in [0.15, 0.2) is 0 Å². The fourth-order valence-electron chi connectivity index (χ4n) is 4.40. The van der Waals surface area contributed by atoms with Crippen molar-refractivity contribution in [3.05, 3.63) is 35.9 Å². The van der Waals surface area contributed by atoms with Crippen LogP contribution in [0.15, 0.2) is 30.3 Å². The summed E-state index contributed by atoms with van der Waals surface area (Å²) in [6.07, 6.45) is 5.44. The molecule has 2 atom stereocenters. The smallest absolute Gasteiger partial charge is 0.253 e. The Balaban J connectivity index is 1.60. The minimum absolute atomic E-state index is 0.0958. The molecular formula is C22H33N3O2. The summed E-state index contributed by atoms with van der Waals surface area (Å²) in [5.74, 6) is 0.364. The summed E-state index contributed by atoms with van der Waals surface area (Å²) in [4.78, 5) is 32.2. The van der Waals surface area contributed by atoms with Crippen molar-refractivity contribution in [2.45, 2.75) is 58.0 Å². The summed E-state index contributed by atoms with van der Waals surface area (Å²) >= 11 is 0. The van der Waals surface area contributed by atoms with Crippen molar-refractivity contribution in [2.75, 3.05) is 32.7 Å². The highest BCUT2D eigenvalue weighted by atomic mass is 16.2. The maximum atomic E-state index is 13.1. The second-order valence-corrected chi connectivity index (χ2v) is 7.81. The van der Waals surface area contributed by atoms with Gasteiger partial charge in [-0.3, -0.25) is 14.5 Å². The van der Waals surface area contributed by atoms with Crippen molar-refractivity contribution in [3.8, 4) is 0 Å². The van der Waals surface area contributed by atoms with E-state index >= 15 is 0 Å². The van der Waals surface area contributed by atoms with E-state index in [4.69, 9.17) is 0 Å². The normalized spacial score (nSPS) is 23.0. The van der Waals surface area contributed by atoms with Gasteiger partial charge in [-0.1, -0.05) is 25.1 Å². The SMILES string of the molecule is CCC1CCCCN1C(=O)C(C)N1CCCN(C(=O)c2ccccc2)CC1. The maximum Gasteiger partial charge on any atom is 0.253 e. The number of amides is 2. The highest BCUT2D eigenvalue weighted by Gasteiger charge is 2.32. The van der Waals surface area contributed by atoms with Crippen LogP contribution >= 0.6 is 0 Å². The molecule has 148 valence electrons. The predicted octanol–water partition coefficient (Wildman–Crippen LogP) is 3.01. The van der Waals surface area contributed by atoms with Crippen molar-refractivity contribution in [1.29, 1.82) is 0 Å². The molecule has 0 spiro atoms. The lowest BCUT2D eigenvalue weighted by Gasteiger charge is -2.39. The van der Waals surface area contributed by atoms with Crippen LogP contribution in [-0.2, 0) is 4.79 Å². The summed E-state index contributed by atoms with van der Waals surface area (Å²) < 4.78 is 0. The van der Waals surface area contributed by atoms with Crippen LogP contribution in [0.5, 0.6) is 0 Å². The molecule has 0 aromatic heterocycles. The van der Waals surface area contributed by atoms with Crippen molar-refractivity contribution in [1.82, 2.24) is 14.7 Å². The molecule has 5 heteroatoms. The third-order valence-electron chi connectivity index (χ3n) is 6.13. The van der Waals surface area contributed by atoms with Crippen LogP contribution in [0.3, 0.4) is 0 Å². The number of rotatable bonds is 4. The molecule has 5 nitrogen and oxygen atoms in total. The molecule has 0 radical (unpaired) electrons. The fourth-order valence-corrected chi connectivity index (χ4v) is 4.40. The van der Waals surface area contributed by atoms with Gasteiger partial charge in [-0.25, -0.2) is 0 Å². The van der Waals surface area contributed by atoms with Gasteiger partial charge in [0, 0.05) is 44.3 Å². The van der Waals surface area contributed by atoms with E-state index < -0.39 is 0 Å². The summed E-state index contributed by atoms with van der Waals surface area (Å²) in [6, 6.07) is 9.78. The lowest BCUT2D eigenvalue weighted by atomic mass is 9.99. The number of carbonyl (C=O) groups is 2. The molecule has 2 aliphatic rings. The van der Waals surface area contributed by atoms with Gasteiger partial charge in [-0.05, 0) is 51.2 Å². The van der Waals surface area contributed by atoms with Crippen LogP contribution in [0.25, 0.3) is 0 Å². The summed E-state index contributed by atoms with van der Waals surface area (Å²) in [5.41, 5.74) is 0.745. The zero-order valence-electron chi connectivity index (χ0n) is 16.8. The Hall–Kier alpha value is -1.88. The summed E-state index contributed by atoms with van der Waals surface area (Å²) in [7, 11) is 0. The monoisotopic (exact) mass is 371 g/mol. The Labute approximate surface area is 163 Å². The van der Waals surface area contributed by atoms with Gasteiger partial charge in [-0.2, -0.15) is 0 Å². The first-order valence-electron chi connectivity index (χ1n) is 10.5. The molecular weight excluding hydrogens is 338 g/mol. The molecule has 0 bridgehead atoms. The van der Waals surface area contributed by atoms with Gasteiger partial charge in [0.2, 0.25) is 5.91 Å².